The van der Waals surface area contributed by atoms with Crippen LogP contribution in [0.4, 0.5) is 0 Å². The molecule has 0 aliphatic rings. The Kier molecular flexibility index (Phi) is 4.90. The van der Waals surface area contributed by atoms with Crippen molar-refractivity contribution >= 4 is 11.6 Å². The molecule has 2 rings (SSSR count). The van der Waals surface area contributed by atoms with Crippen molar-refractivity contribution in [1.29, 1.82) is 0 Å². The van der Waals surface area contributed by atoms with E-state index in [9.17, 15) is 0 Å². The summed E-state index contributed by atoms with van der Waals surface area (Å²) in [5.74, 6) is 0. The van der Waals surface area contributed by atoms with E-state index in [-0.39, 0.29) is 12.6 Å². The lowest BCUT2D eigenvalue weighted by molar-refractivity contribution is 0.268. The number of halogens is 1. The van der Waals surface area contributed by atoms with Crippen molar-refractivity contribution in [3.05, 3.63) is 46.7 Å². The van der Waals surface area contributed by atoms with Crippen LogP contribution >= 0.6 is 11.6 Å². The van der Waals surface area contributed by atoms with Gasteiger partial charge in [0.05, 0.1) is 18.8 Å². The number of aliphatic hydroxyl groups is 1. The van der Waals surface area contributed by atoms with E-state index < -0.39 is 0 Å². The molecule has 0 aliphatic heterocycles. The summed E-state index contributed by atoms with van der Waals surface area (Å²) >= 11 is 6.15. The minimum atomic E-state index is 0.0618. The maximum absolute atomic E-state index is 8.81. The lowest BCUT2D eigenvalue weighted by Crippen LogP contribution is -2.18. The Balaban J connectivity index is 1.92. The molecule has 0 bridgehead atoms. The Morgan fingerprint density at radius 2 is 2.21 bits per heavy atom. The summed E-state index contributed by atoms with van der Waals surface area (Å²) in [5, 5.41) is 20.9. The number of hydrogen-bond donors (Lipinski definition) is 2. The van der Waals surface area contributed by atoms with E-state index in [0.717, 1.165) is 16.3 Å². The third-order valence-electron chi connectivity index (χ3n) is 2.88. The molecule has 1 aromatic carbocycles. The number of rotatable bonds is 6. The summed E-state index contributed by atoms with van der Waals surface area (Å²) in [5.41, 5.74) is 1.90. The maximum Gasteiger partial charge on any atom is 0.0965 e. The number of nitrogens with zero attached hydrogens (tertiary/aromatic N) is 3. The van der Waals surface area contributed by atoms with Crippen LogP contribution in [0.25, 0.3) is 0 Å². The highest BCUT2D eigenvalue weighted by Crippen LogP contribution is 2.22. The standard InChI is InChI=1S/C13H17ClN4O/c1-10(12-4-2-3-5-13(12)14)15-8-11-9-18(6-7-19)17-16-11/h2-5,9-10,15,19H,6-8H2,1H3/t10-/m1/s1. The molecule has 0 fully saturated rings. The summed E-state index contributed by atoms with van der Waals surface area (Å²) in [6.07, 6.45) is 1.82. The van der Waals surface area contributed by atoms with Gasteiger partial charge in [0.2, 0.25) is 0 Å². The quantitative estimate of drug-likeness (QED) is 0.847. The average Bonchev–Trinajstić information content (AvgIpc) is 2.85. The van der Waals surface area contributed by atoms with Gasteiger partial charge in [-0.2, -0.15) is 0 Å². The lowest BCUT2D eigenvalue weighted by Gasteiger charge is -2.14. The van der Waals surface area contributed by atoms with Crippen LogP contribution in [0.5, 0.6) is 0 Å². The fraction of sp³-hybridized carbons (Fsp3) is 0.385. The van der Waals surface area contributed by atoms with Crippen molar-refractivity contribution in [3.8, 4) is 0 Å². The normalized spacial score (nSPS) is 12.6. The van der Waals surface area contributed by atoms with E-state index in [0.29, 0.717) is 13.1 Å². The number of aromatic nitrogens is 3. The first-order valence-corrected chi connectivity index (χ1v) is 6.56. The molecule has 1 aromatic heterocycles. The maximum atomic E-state index is 8.81. The second kappa shape index (κ2) is 6.65. The lowest BCUT2D eigenvalue weighted by atomic mass is 10.1. The molecule has 0 radical (unpaired) electrons. The smallest absolute Gasteiger partial charge is 0.0965 e. The topological polar surface area (TPSA) is 63.0 Å². The predicted molar refractivity (Wildman–Crippen MR) is 73.8 cm³/mol. The van der Waals surface area contributed by atoms with E-state index in [1.165, 1.54) is 0 Å². The zero-order valence-corrected chi connectivity index (χ0v) is 11.5. The van der Waals surface area contributed by atoms with Gasteiger partial charge >= 0.3 is 0 Å². The molecule has 0 saturated heterocycles. The second-order valence-corrected chi connectivity index (χ2v) is 4.73. The van der Waals surface area contributed by atoms with Gasteiger partial charge < -0.3 is 10.4 Å². The van der Waals surface area contributed by atoms with E-state index in [1.807, 2.05) is 30.5 Å². The fourth-order valence-corrected chi connectivity index (χ4v) is 2.12. The predicted octanol–water partition coefficient (Wildman–Crippen LogP) is 1.77. The number of nitrogens with one attached hydrogen (secondary N) is 1. The third-order valence-corrected chi connectivity index (χ3v) is 3.22. The summed E-state index contributed by atoms with van der Waals surface area (Å²) in [6, 6.07) is 7.90. The molecule has 0 aliphatic carbocycles. The summed E-state index contributed by atoms with van der Waals surface area (Å²) < 4.78 is 1.62. The van der Waals surface area contributed by atoms with Crippen LogP contribution in [-0.4, -0.2) is 26.7 Å². The molecule has 1 atom stereocenters. The minimum absolute atomic E-state index is 0.0618. The van der Waals surface area contributed by atoms with Crippen molar-refractivity contribution in [3.63, 3.8) is 0 Å². The van der Waals surface area contributed by atoms with E-state index in [1.54, 1.807) is 4.68 Å². The number of benzene rings is 1. The molecular weight excluding hydrogens is 264 g/mol. The van der Waals surface area contributed by atoms with Crippen LogP contribution in [0.1, 0.15) is 24.2 Å². The second-order valence-electron chi connectivity index (χ2n) is 4.32. The van der Waals surface area contributed by atoms with Crippen molar-refractivity contribution in [2.75, 3.05) is 6.61 Å². The Labute approximate surface area is 117 Å². The van der Waals surface area contributed by atoms with Gasteiger partial charge in [-0.15, -0.1) is 5.10 Å². The molecule has 5 nitrogen and oxygen atoms in total. The first-order valence-electron chi connectivity index (χ1n) is 6.18. The van der Waals surface area contributed by atoms with Gasteiger partial charge in [-0.05, 0) is 18.6 Å². The van der Waals surface area contributed by atoms with Gasteiger partial charge in [-0.1, -0.05) is 35.0 Å². The van der Waals surface area contributed by atoms with E-state index in [2.05, 4.69) is 22.6 Å². The zero-order chi connectivity index (χ0) is 13.7. The Hall–Kier alpha value is -1.43. The molecule has 0 unspecified atom stereocenters. The highest BCUT2D eigenvalue weighted by Gasteiger charge is 2.09. The summed E-state index contributed by atoms with van der Waals surface area (Å²) in [6.45, 7) is 3.19. The van der Waals surface area contributed by atoms with Gasteiger partial charge in [0.25, 0.3) is 0 Å². The fourth-order valence-electron chi connectivity index (χ4n) is 1.83. The summed E-state index contributed by atoms with van der Waals surface area (Å²) in [4.78, 5) is 0. The minimum Gasteiger partial charge on any atom is -0.394 e. The van der Waals surface area contributed by atoms with E-state index in [4.69, 9.17) is 16.7 Å². The highest BCUT2D eigenvalue weighted by molar-refractivity contribution is 6.31. The zero-order valence-electron chi connectivity index (χ0n) is 10.8. The average molecular weight is 281 g/mol. The molecule has 0 spiro atoms. The molecule has 0 amide bonds. The van der Waals surface area contributed by atoms with Crippen LogP contribution in [0.3, 0.4) is 0 Å². The van der Waals surface area contributed by atoms with Crippen molar-refractivity contribution < 1.29 is 5.11 Å². The van der Waals surface area contributed by atoms with Crippen LogP contribution < -0.4 is 5.32 Å². The summed E-state index contributed by atoms with van der Waals surface area (Å²) in [7, 11) is 0. The van der Waals surface area contributed by atoms with Crippen molar-refractivity contribution in [2.24, 2.45) is 0 Å². The van der Waals surface area contributed by atoms with Crippen LogP contribution in [0.15, 0.2) is 30.5 Å². The Morgan fingerprint density at radius 1 is 1.42 bits per heavy atom. The Morgan fingerprint density at radius 3 is 2.95 bits per heavy atom. The van der Waals surface area contributed by atoms with Gasteiger partial charge in [0, 0.05) is 23.8 Å². The molecule has 19 heavy (non-hydrogen) atoms. The molecular formula is C13H17ClN4O. The largest absolute Gasteiger partial charge is 0.394 e. The van der Waals surface area contributed by atoms with Gasteiger partial charge in [-0.25, -0.2) is 4.68 Å². The molecule has 2 N–H and O–H groups in total. The van der Waals surface area contributed by atoms with Gasteiger partial charge in [0.15, 0.2) is 0 Å². The van der Waals surface area contributed by atoms with Crippen molar-refractivity contribution in [2.45, 2.75) is 26.1 Å². The molecule has 102 valence electrons. The Bertz CT molecular complexity index is 529. The molecule has 1 heterocycles. The van der Waals surface area contributed by atoms with Crippen LogP contribution in [0.2, 0.25) is 5.02 Å². The molecule has 0 saturated carbocycles. The first kappa shape index (κ1) is 14.0. The molecule has 6 heteroatoms. The number of hydrogen-bond acceptors (Lipinski definition) is 4. The monoisotopic (exact) mass is 280 g/mol. The number of aliphatic hydroxyl groups excluding tert-OH is 1. The van der Waals surface area contributed by atoms with Gasteiger partial charge in [0.1, 0.15) is 0 Å². The van der Waals surface area contributed by atoms with E-state index >= 15 is 0 Å². The van der Waals surface area contributed by atoms with Crippen molar-refractivity contribution in [1.82, 2.24) is 20.3 Å². The first-order chi connectivity index (χ1) is 9.20. The SMILES string of the molecule is C[C@@H](NCc1cn(CCO)nn1)c1ccccc1Cl. The van der Waals surface area contributed by atoms with Gasteiger partial charge in [-0.3, -0.25) is 0 Å². The highest BCUT2D eigenvalue weighted by atomic mass is 35.5. The third kappa shape index (κ3) is 3.76. The van der Waals surface area contributed by atoms with Crippen LogP contribution in [-0.2, 0) is 13.1 Å². The van der Waals surface area contributed by atoms with Crippen LogP contribution in [0, 0.1) is 0 Å². The molecule has 2 aromatic rings.